The van der Waals surface area contributed by atoms with Crippen LogP contribution in [-0.4, -0.2) is 42.8 Å². The number of amides is 2. The summed E-state index contributed by atoms with van der Waals surface area (Å²) in [7, 11) is -3.12. The van der Waals surface area contributed by atoms with Crippen molar-refractivity contribution < 1.29 is 22.4 Å². The van der Waals surface area contributed by atoms with Crippen molar-refractivity contribution in [3.05, 3.63) is 59.7 Å². The minimum atomic E-state index is -3.12. The minimum Gasteiger partial charge on any atom is -0.347 e. The standard InChI is InChI=1S/C17H16FN3O4S/c18-12-4-1-2-5-13(12)21-17(23)15-7-3-6-14(20-15)16(22)19-11-8-9-26(24,25)10-11/h1-7,11H,8-10H2,(H,19,22)(H,21,23). The second-order valence-corrected chi connectivity index (χ2v) is 8.14. The zero-order valence-electron chi connectivity index (χ0n) is 13.6. The number of para-hydroxylation sites is 1. The van der Waals surface area contributed by atoms with Crippen molar-refractivity contribution in [3.8, 4) is 0 Å². The van der Waals surface area contributed by atoms with E-state index in [9.17, 15) is 22.4 Å². The summed E-state index contributed by atoms with van der Waals surface area (Å²) in [5.41, 5.74) is -0.0688. The molecule has 1 saturated heterocycles. The highest BCUT2D eigenvalue weighted by Crippen LogP contribution is 2.14. The van der Waals surface area contributed by atoms with Crippen LogP contribution in [0.4, 0.5) is 10.1 Å². The van der Waals surface area contributed by atoms with Gasteiger partial charge in [-0.15, -0.1) is 0 Å². The lowest BCUT2D eigenvalue weighted by Crippen LogP contribution is -2.36. The number of hydrogen-bond donors (Lipinski definition) is 2. The molecule has 2 heterocycles. The Morgan fingerprint density at radius 2 is 1.73 bits per heavy atom. The molecule has 9 heteroatoms. The zero-order valence-corrected chi connectivity index (χ0v) is 14.4. The number of sulfone groups is 1. The molecular weight excluding hydrogens is 361 g/mol. The highest BCUT2D eigenvalue weighted by atomic mass is 32.2. The molecule has 1 aliphatic heterocycles. The van der Waals surface area contributed by atoms with Gasteiger partial charge in [-0.1, -0.05) is 18.2 Å². The topological polar surface area (TPSA) is 105 Å². The minimum absolute atomic E-state index is 0.00492. The van der Waals surface area contributed by atoms with Gasteiger partial charge in [-0.05, 0) is 30.7 Å². The van der Waals surface area contributed by atoms with E-state index in [1.807, 2.05) is 0 Å². The maximum Gasteiger partial charge on any atom is 0.274 e. The molecule has 2 aromatic rings. The van der Waals surface area contributed by atoms with Crippen LogP contribution in [0.15, 0.2) is 42.5 Å². The number of aromatic nitrogens is 1. The van der Waals surface area contributed by atoms with Gasteiger partial charge in [0, 0.05) is 6.04 Å². The summed E-state index contributed by atoms with van der Waals surface area (Å²) >= 11 is 0. The summed E-state index contributed by atoms with van der Waals surface area (Å²) in [5, 5.41) is 4.99. The molecule has 0 radical (unpaired) electrons. The lowest BCUT2D eigenvalue weighted by molar-refractivity contribution is 0.0936. The fraction of sp³-hybridized carbons (Fsp3) is 0.235. The molecule has 0 bridgehead atoms. The maximum atomic E-state index is 13.6. The second-order valence-electron chi connectivity index (χ2n) is 5.92. The number of nitrogens with zero attached hydrogens (tertiary/aromatic N) is 1. The molecule has 136 valence electrons. The molecule has 26 heavy (non-hydrogen) atoms. The Hall–Kier alpha value is -2.81. The Labute approximate surface area is 149 Å². The maximum absolute atomic E-state index is 13.6. The van der Waals surface area contributed by atoms with Gasteiger partial charge in [0.15, 0.2) is 9.84 Å². The summed E-state index contributed by atoms with van der Waals surface area (Å²) in [4.78, 5) is 28.4. The van der Waals surface area contributed by atoms with Crippen LogP contribution >= 0.6 is 0 Å². The van der Waals surface area contributed by atoms with E-state index in [2.05, 4.69) is 15.6 Å². The summed E-state index contributed by atoms with van der Waals surface area (Å²) in [6.07, 6.45) is 0.349. The summed E-state index contributed by atoms with van der Waals surface area (Å²) in [6, 6.07) is 9.51. The van der Waals surface area contributed by atoms with Crippen molar-refractivity contribution in [3.63, 3.8) is 0 Å². The summed E-state index contributed by atoms with van der Waals surface area (Å²) in [5.74, 6) is -1.87. The van der Waals surface area contributed by atoms with E-state index >= 15 is 0 Å². The van der Waals surface area contributed by atoms with Crippen LogP contribution in [0.1, 0.15) is 27.4 Å². The van der Waals surface area contributed by atoms with Crippen LogP contribution in [0.2, 0.25) is 0 Å². The van der Waals surface area contributed by atoms with Gasteiger partial charge >= 0.3 is 0 Å². The van der Waals surface area contributed by atoms with E-state index in [4.69, 9.17) is 0 Å². The molecule has 1 aromatic carbocycles. The highest BCUT2D eigenvalue weighted by Gasteiger charge is 2.29. The van der Waals surface area contributed by atoms with Gasteiger partial charge in [0.1, 0.15) is 17.2 Å². The predicted molar refractivity (Wildman–Crippen MR) is 93.1 cm³/mol. The fourth-order valence-corrected chi connectivity index (χ4v) is 4.28. The van der Waals surface area contributed by atoms with Crippen LogP contribution in [0.5, 0.6) is 0 Å². The van der Waals surface area contributed by atoms with Gasteiger partial charge in [-0.3, -0.25) is 9.59 Å². The van der Waals surface area contributed by atoms with E-state index in [-0.39, 0.29) is 28.6 Å². The van der Waals surface area contributed by atoms with Crippen molar-refractivity contribution in [2.24, 2.45) is 0 Å². The molecule has 1 unspecified atom stereocenters. The first-order valence-electron chi connectivity index (χ1n) is 7.88. The lowest BCUT2D eigenvalue weighted by atomic mass is 10.2. The van der Waals surface area contributed by atoms with Crippen LogP contribution in [0, 0.1) is 5.82 Å². The van der Waals surface area contributed by atoms with E-state index in [1.54, 1.807) is 6.07 Å². The van der Waals surface area contributed by atoms with Gasteiger partial charge < -0.3 is 10.6 Å². The van der Waals surface area contributed by atoms with E-state index in [1.165, 1.54) is 36.4 Å². The first kappa shape index (κ1) is 18.0. The molecule has 2 amide bonds. The van der Waals surface area contributed by atoms with Gasteiger partial charge in [0.2, 0.25) is 0 Å². The monoisotopic (exact) mass is 377 g/mol. The number of carbonyl (C=O) groups is 2. The third-order valence-electron chi connectivity index (χ3n) is 3.90. The van der Waals surface area contributed by atoms with Crippen molar-refractivity contribution in [2.75, 3.05) is 16.8 Å². The predicted octanol–water partition coefficient (Wildman–Crippen LogP) is 1.39. The summed E-state index contributed by atoms with van der Waals surface area (Å²) < 4.78 is 36.5. The molecule has 1 aliphatic rings. The molecule has 3 rings (SSSR count). The van der Waals surface area contributed by atoms with E-state index in [0.717, 1.165) is 0 Å². The van der Waals surface area contributed by atoms with Crippen LogP contribution < -0.4 is 10.6 Å². The number of halogens is 1. The van der Waals surface area contributed by atoms with Crippen molar-refractivity contribution in [1.82, 2.24) is 10.3 Å². The van der Waals surface area contributed by atoms with E-state index in [0.29, 0.717) is 6.42 Å². The van der Waals surface area contributed by atoms with Crippen LogP contribution in [0.3, 0.4) is 0 Å². The first-order valence-corrected chi connectivity index (χ1v) is 9.70. The average molecular weight is 377 g/mol. The van der Waals surface area contributed by atoms with Gasteiger partial charge in [-0.25, -0.2) is 17.8 Å². The smallest absolute Gasteiger partial charge is 0.274 e. The Balaban J connectivity index is 1.70. The molecule has 1 aromatic heterocycles. The van der Waals surface area contributed by atoms with Crippen molar-refractivity contribution >= 4 is 27.3 Å². The average Bonchev–Trinajstić information content (AvgIpc) is 2.95. The zero-order chi connectivity index (χ0) is 18.7. The highest BCUT2D eigenvalue weighted by molar-refractivity contribution is 7.91. The Morgan fingerprint density at radius 3 is 2.38 bits per heavy atom. The molecule has 1 fully saturated rings. The van der Waals surface area contributed by atoms with Gasteiger partial charge in [0.25, 0.3) is 11.8 Å². The summed E-state index contributed by atoms with van der Waals surface area (Å²) in [6.45, 7) is 0. The molecule has 1 atom stereocenters. The molecule has 2 N–H and O–H groups in total. The Bertz CT molecular complexity index is 962. The normalized spacial score (nSPS) is 18.3. The van der Waals surface area contributed by atoms with Crippen molar-refractivity contribution in [1.29, 1.82) is 0 Å². The van der Waals surface area contributed by atoms with Crippen molar-refractivity contribution in [2.45, 2.75) is 12.5 Å². The molecule has 7 nitrogen and oxygen atoms in total. The van der Waals surface area contributed by atoms with Crippen LogP contribution in [-0.2, 0) is 9.84 Å². The largest absolute Gasteiger partial charge is 0.347 e. The number of rotatable bonds is 4. The number of carbonyl (C=O) groups excluding carboxylic acids is 2. The SMILES string of the molecule is O=C(Nc1ccccc1F)c1cccc(C(=O)NC2CCS(=O)(=O)C2)n1. The van der Waals surface area contributed by atoms with Gasteiger partial charge in [0.05, 0.1) is 17.2 Å². The Morgan fingerprint density at radius 1 is 1.04 bits per heavy atom. The van der Waals surface area contributed by atoms with Crippen LogP contribution in [0.25, 0.3) is 0 Å². The fourth-order valence-electron chi connectivity index (χ4n) is 2.60. The van der Waals surface area contributed by atoms with E-state index < -0.39 is 33.5 Å². The molecule has 0 spiro atoms. The van der Waals surface area contributed by atoms with Gasteiger partial charge in [-0.2, -0.15) is 0 Å². The molecule has 0 saturated carbocycles. The number of nitrogens with one attached hydrogen (secondary N) is 2. The quantitative estimate of drug-likeness (QED) is 0.838. The first-order chi connectivity index (χ1) is 12.3. The molecule has 0 aliphatic carbocycles. The number of hydrogen-bond acceptors (Lipinski definition) is 5. The lowest BCUT2D eigenvalue weighted by Gasteiger charge is -2.11. The third kappa shape index (κ3) is 4.23. The number of benzene rings is 1. The Kier molecular flexibility index (Phi) is 4.99. The third-order valence-corrected chi connectivity index (χ3v) is 5.67. The number of anilines is 1. The second kappa shape index (κ2) is 7.20. The number of pyridine rings is 1. The molecular formula is C17H16FN3O4S.